The Balaban J connectivity index is 1.17. The Kier molecular flexibility index (Phi) is 7.00. The van der Waals surface area contributed by atoms with Gasteiger partial charge in [-0.15, -0.1) is 11.3 Å². The molecule has 0 radical (unpaired) electrons. The highest BCUT2D eigenvalue weighted by Crippen LogP contribution is 2.42. The van der Waals surface area contributed by atoms with Crippen LogP contribution in [0.25, 0.3) is 69.9 Å². The Labute approximate surface area is 299 Å². The molecule has 0 unspecified atom stereocenters. The average molecular weight is 670 g/mol. The van der Waals surface area contributed by atoms with E-state index in [4.69, 9.17) is 0 Å². The lowest BCUT2D eigenvalue weighted by Crippen LogP contribution is -2.10. The normalized spacial score (nSPS) is 11.5. The van der Waals surface area contributed by atoms with E-state index < -0.39 is 0 Å². The monoisotopic (exact) mass is 669 g/mol. The van der Waals surface area contributed by atoms with Gasteiger partial charge in [0.1, 0.15) is 0 Å². The lowest BCUT2D eigenvalue weighted by Gasteiger charge is -2.26. The Morgan fingerprint density at radius 1 is 0.412 bits per heavy atom. The number of pyridine rings is 1. The van der Waals surface area contributed by atoms with E-state index in [0.29, 0.717) is 0 Å². The smallest absolute Gasteiger partial charge is 0.0645 e. The number of rotatable bonds is 6. The van der Waals surface area contributed by atoms with Crippen LogP contribution in [-0.2, 0) is 0 Å². The van der Waals surface area contributed by atoms with Crippen LogP contribution in [0.4, 0.5) is 17.1 Å². The number of fused-ring (bicyclic) bond motifs is 6. The van der Waals surface area contributed by atoms with Crippen LogP contribution in [0.2, 0.25) is 0 Å². The van der Waals surface area contributed by atoms with Crippen LogP contribution >= 0.6 is 11.3 Å². The van der Waals surface area contributed by atoms with Gasteiger partial charge in [-0.3, -0.25) is 4.98 Å². The topological polar surface area (TPSA) is 21.1 Å². The average Bonchev–Trinajstić information content (AvgIpc) is 3.74. The molecule has 0 spiro atoms. The predicted octanol–water partition coefficient (Wildman–Crippen LogP) is 13.4. The van der Waals surface area contributed by atoms with Gasteiger partial charge < -0.3 is 9.47 Å². The summed E-state index contributed by atoms with van der Waals surface area (Å²) in [4.78, 5) is 6.88. The van der Waals surface area contributed by atoms with Crippen molar-refractivity contribution in [3.05, 3.63) is 188 Å². The molecule has 10 aromatic rings. The number of hydrogen-bond donors (Lipinski definition) is 0. The van der Waals surface area contributed by atoms with Crippen molar-refractivity contribution in [2.75, 3.05) is 4.90 Å². The molecule has 51 heavy (non-hydrogen) atoms. The maximum Gasteiger partial charge on any atom is 0.0645 e. The number of para-hydroxylation sites is 1. The van der Waals surface area contributed by atoms with Crippen LogP contribution in [0, 0.1) is 0 Å². The summed E-state index contributed by atoms with van der Waals surface area (Å²) in [7, 11) is 0. The SMILES string of the molecule is c1ccc(-c2cccc(N(c3ccccc3)c3ccc4c5cc(-c6ccc7sc8ccccc8c7c6)ccc5n(-c5cccnc5)c4c3)c2)cc1. The fraction of sp³-hybridized carbons (Fsp3) is 0. The highest BCUT2D eigenvalue weighted by Gasteiger charge is 2.19. The minimum absolute atomic E-state index is 1.03. The van der Waals surface area contributed by atoms with Crippen molar-refractivity contribution >= 4 is 70.4 Å². The third-order valence-corrected chi connectivity index (χ3v) is 11.0. The van der Waals surface area contributed by atoms with Gasteiger partial charge in [0.15, 0.2) is 0 Å². The van der Waals surface area contributed by atoms with Crippen LogP contribution < -0.4 is 4.90 Å². The molecular formula is C47H31N3S. The second-order valence-electron chi connectivity index (χ2n) is 12.9. The Morgan fingerprint density at radius 3 is 1.94 bits per heavy atom. The van der Waals surface area contributed by atoms with Gasteiger partial charge in [0, 0.05) is 54.2 Å². The minimum Gasteiger partial charge on any atom is -0.310 e. The van der Waals surface area contributed by atoms with E-state index in [9.17, 15) is 0 Å². The fourth-order valence-electron chi connectivity index (χ4n) is 7.48. The van der Waals surface area contributed by atoms with Crippen molar-refractivity contribution in [1.82, 2.24) is 9.55 Å². The van der Waals surface area contributed by atoms with E-state index in [1.165, 1.54) is 53.2 Å². The molecule has 0 aliphatic rings. The molecule has 10 rings (SSSR count). The van der Waals surface area contributed by atoms with Crippen LogP contribution in [0.5, 0.6) is 0 Å². The largest absolute Gasteiger partial charge is 0.310 e. The number of thiophene rings is 1. The lowest BCUT2D eigenvalue weighted by molar-refractivity contribution is 1.14. The van der Waals surface area contributed by atoms with E-state index in [1.807, 2.05) is 29.8 Å². The maximum atomic E-state index is 4.53. The first-order chi connectivity index (χ1) is 25.3. The van der Waals surface area contributed by atoms with E-state index in [-0.39, 0.29) is 0 Å². The summed E-state index contributed by atoms with van der Waals surface area (Å²) in [6.45, 7) is 0. The van der Waals surface area contributed by atoms with Gasteiger partial charge >= 0.3 is 0 Å². The molecule has 0 bridgehead atoms. The number of nitrogens with zero attached hydrogens (tertiary/aromatic N) is 3. The van der Waals surface area contributed by atoms with Gasteiger partial charge in [0.25, 0.3) is 0 Å². The predicted molar refractivity (Wildman–Crippen MR) is 217 cm³/mol. The fourth-order valence-corrected chi connectivity index (χ4v) is 8.56. The van der Waals surface area contributed by atoms with Crippen molar-refractivity contribution in [3.63, 3.8) is 0 Å². The highest BCUT2D eigenvalue weighted by atomic mass is 32.1. The number of anilines is 3. The molecular weight excluding hydrogens is 639 g/mol. The van der Waals surface area contributed by atoms with Gasteiger partial charge in [-0.1, -0.05) is 97.1 Å². The summed E-state index contributed by atoms with van der Waals surface area (Å²) in [5.41, 5.74) is 11.4. The van der Waals surface area contributed by atoms with Crippen LogP contribution in [0.3, 0.4) is 0 Å². The summed E-state index contributed by atoms with van der Waals surface area (Å²) in [6, 6.07) is 63.5. The number of benzene rings is 7. The minimum atomic E-state index is 1.03. The summed E-state index contributed by atoms with van der Waals surface area (Å²) in [5.74, 6) is 0. The molecule has 3 heterocycles. The first-order valence-corrected chi connectivity index (χ1v) is 18.0. The quantitative estimate of drug-likeness (QED) is 0.176. The summed E-state index contributed by atoms with van der Waals surface area (Å²) in [5, 5.41) is 5.05. The zero-order valence-corrected chi connectivity index (χ0v) is 28.5. The maximum absolute atomic E-state index is 4.53. The summed E-state index contributed by atoms with van der Waals surface area (Å²) < 4.78 is 5.00. The van der Waals surface area contributed by atoms with Crippen LogP contribution in [0.1, 0.15) is 0 Å². The lowest BCUT2D eigenvalue weighted by atomic mass is 10.0. The van der Waals surface area contributed by atoms with Crippen molar-refractivity contribution in [3.8, 4) is 27.9 Å². The molecule has 3 aromatic heterocycles. The number of hydrogen-bond acceptors (Lipinski definition) is 3. The molecule has 0 saturated carbocycles. The van der Waals surface area contributed by atoms with Crippen molar-refractivity contribution in [2.24, 2.45) is 0 Å². The van der Waals surface area contributed by atoms with E-state index in [1.54, 1.807) is 0 Å². The van der Waals surface area contributed by atoms with Gasteiger partial charge in [-0.25, -0.2) is 0 Å². The molecule has 240 valence electrons. The van der Waals surface area contributed by atoms with Crippen LogP contribution in [-0.4, -0.2) is 9.55 Å². The molecule has 4 heteroatoms. The molecule has 7 aromatic carbocycles. The zero-order chi connectivity index (χ0) is 33.7. The molecule has 0 saturated heterocycles. The molecule has 0 aliphatic carbocycles. The van der Waals surface area contributed by atoms with E-state index in [0.717, 1.165) is 33.8 Å². The van der Waals surface area contributed by atoms with Crippen LogP contribution in [0.15, 0.2) is 188 Å². The molecule has 0 atom stereocenters. The molecule has 0 fully saturated rings. The molecule has 0 N–H and O–H groups in total. The van der Waals surface area contributed by atoms with Gasteiger partial charge in [0.05, 0.1) is 22.9 Å². The first-order valence-electron chi connectivity index (χ1n) is 17.2. The van der Waals surface area contributed by atoms with Crippen molar-refractivity contribution < 1.29 is 0 Å². The molecule has 3 nitrogen and oxygen atoms in total. The van der Waals surface area contributed by atoms with E-state index in [2.05, 4.69) is 184 Å². The Bertz CT molecular complexity index is 2850. The number of aromatic nitrogens is 2. The van der Waals surface area contributed by atoms with Gasteiger partial charge in [0.2, 0.25) is 0 Å². The van der Waals surface area contributed by atoms with Crippen molar-refractivity contribution in [1.29, 1.82) is 0 Å². The third-order valence-electron chi connectivity index (χ3n) is 9.85. The second kappa shape index (κ2) is 12.1. The first kappa shape index (κ1) is 29.4. The third kappa shape index (κ3) is 5.08. The summed E-state index contributed by atoms with van der Waals surface area (Å²) >= 11 is 1.86. The second-order valence-corrected chi connectivity index (χ2v) is 14.0. The molecule has 0 amide bonds. The zero-order valence-electron chi connectivity index (χ0n) is 27.6. The molecule has 0 aliphatic heterocycles. The van der Waals surface area contributed by atoms with Gasteiger partial charge in [-0.2, -0.15) is 0 Å². The highest BCUT2D eigenvalue weighted by molar-refractivity contribution is 7.25. The van der Waals surface area contributed by atoms with E-state index >= 15 is 0 Å². The van der Waals surface area contributed by atoms with Crippen molar-refractivity contribution in [2.45, 2.75) is 0 Å². The Hall–Kier alpha value is -6.49. The Morgan fingerprint density at radius 2 is 1.10 bits per heavy atom. The van der Waals surface area contributed by atoms with Gasteiger partial charge in [-0.05, 0) is 101 Å². The summed E-state index contributed by atoms with van der Waals surface area (Å²) in [6.07, 6.45) is 3.79. The standard InChI is InChI=1S/C47H31N3S/c1-3-11-32(12-4-1)33-13-9-16-37(27-33)49(36-14-5-2-6-15-36)38-22-23-40-42-28-34(20-24-44(42)50(45(40)30-38)39-17-10-26-48-31-39)35-21-25-47-43(29-35)41-18-7-8-19-46(41)51-47/h1-31H.